The molecule has 0 aliphatic carbocycles. The first-order valence-corrected chi connectivity index (χ1v) is 9.77. The number of carbonyl (C=O) groups is 1. The molecule has 28 heavy (non-hydrogen) atoms. The summed E-state index contributed by atoms with van der Waals surface area (Å²) in [6.07, 6.45) is 4.13. The minimum Gasteiger partial charge on any atom is -0.347 e. The minimum absolute atomic E-state index is 0.139. The van der Waals surface area contributed by atoms with Crippen LogP contribution in [0.15, 0.2) is 60.9 Å². The standard InChI is InChI=1S/C22H27N5O/c1-24(2)22(28)21(18-8-4-3-5-9-18)26-14-12-25(13-15-26)16-19-17-27-11-7-6-10-20(27)23-19/h3-11,17,21H,12-16H2,1-2H3. The average molecular weight is 377 g/mol. The Bertz CT molecular complexity index is 895. The summed E-state index contributed by atoms with van der Waals surface area (Å²) in [4.78, 5) is 24.0. The van der Waals surface area contributed by atoms with Crippen LogP contribution in [0.25, 0.3) is 5.65 Å². The van der Waals surface area contributed by atoms with E-state index >= 15 is 0 Å². The number of hydrogen-bond donors (Lipinski definition) is 0. The molecule has 6 heteroatoms. The third-order valence-corrected chi connectivity index (χ3v) is 5.36. The van der Waals surface area contributed by atoms with Gasteiger partial charge >= 0.3 is 0 Å². The molecular weight excluding hydrogens is 350 g/mol. The monoisotopic (exact) mass is 377 g/mol. The van der Waals surface area contributed by atoms with Crippen molar-refractivity contribution in [2.24, 2.45) is 0 Å². The van der Waals surface area contributed by atoms with Crippen LogP contribution in [0, 0.1) is 0 Å². The van der Waals surface area contributed by atoms with Crippen LogP contribution in [0.5, 0.6) is 0 Å². The first-order chi connectivity index (χ1) is 13.6. The maximum atomic E-state index is 12.9. The molecule has 3 heterocycles. The van der Waals surface area contributed by atoms with E-state index in [0.29, 0.717) is 0 Å². The zero-order valence-corrected chi connectivity index (χ0v) is 16.5. The van der Waals surface area contributed by atoms with E-state index in [4.69, 9.17) is 4.98 Å². The molecule has 1 aliphatic rings. The predicted molar refractivity (Wildman–Crippen MR) is 110 cm³/mol. The number of rotatable bonds is 5. The van der Waals surface area contributed by atoms with Crippen molar-refractivity contribution in [3.05, 3.63) is 72.2 Å². The lowest BCUT2D eigenvalue weighted by molar-refractivity contribution is -0.135. The molecular formula is C22H27N5O. The zero-order chi connectivity index (χ0) is 19.5. The number of pyridine rings is 1. The van der Waals surface area contributed by atoms with Gasteiger partial charge in [-0.3, -0.25) is 14.6 Å². The van der Waals surface area contributed by atoms with Gasteiger partial charge in [0.25, 0.3) is 0 Å². The molecule has 3 aromatic rings. The second-order valence-electron chi connectivity index (χ2n) is 7.56. The van der Waals surface area contributed by atoms with Crippen molar-refractivity contribution in [3.63, 3.8) is 0 Å². The number of likely N-dealkylation sites (N-methyl/N-ethyl adjacent to an activating group) is 1. The summed E-state index contributed by atoms with van der Waals surface area (Å²) >= 11 is 0. The average Bonchev–Trinajstić information content (AvgIpc) is 3.12. The molecule has 1 saturated heterocycles. The lowest BCUT2D eigenvalue weighted by Crippen LogP contribution is -2.50. The van der Waals surface area contributed by atoms with Crippen LogP contribution in [0.4, 0.5) is 0 Å². The number of imidazole rings is 1. The molecule has 146 valence electrons. The fraction of sp³-hybridized carbons (Fsp3) is 0.364. The van der Waals surface area contributed by atoms with E-state index < -0.39 is 0 Å². The van der Waals surface area contributed by atoms with Crippen LogP contribution in [-0.2, 0) is 11.3 Å². The zero-order valence-electron chi connectivity index (χ0n) is 16.5. The number of aromatic nitrogens is 2. The molecule has 4 rings (SSSR count). The highest BCUT2D eigenvalue weighted by atomic mass is 16.2. The molecule has 1 aliphatic heterocycles. The summed E-state index contributed by atoms with van der Waals surface area (Å²) in [7, 11) is 3.66. The van der Waals surface area contributed by atoms with Crippen molar-refractivity contribution in [2.45, 2.75) is 12.6 Å². The van der Waals surface area contributed by atoms with Gasteiger partial charge in [0.2, 0.25) is 5.91 Å². The minimum atomic E-state index is -0.214. The Morgan fingerprint density at radius 1 is 1.04 bits per heavy atom. The van der Waals surface area contributed by atoms with Crippen LogP contribution >= 0.6 is 0 Å². The smallest absolute Gasteiger partial charge is 0.244 e. The summed E-state index contributed by atoms with van der Waals surface area (Å²) in [5.41, 5.74) is 3.13. The Morgan fingerprint density at radius 3 is 2.43 bits per heavy atom. The molecule has 6 nitrogen and oxygen atoms in total. The van der Waals surface area contributed by atoms with Crippen molar-refractivity contribution in [1.82, 2.24) is 24.1 Å². The summed E-state index contributed by atoms with van der Waals surface area (Å²) < 4.78 is 2.06. The van der Waals surface area contributed by atoms with Gasteiger partial charge < -0.3 is 9.30 Å². The number of piperazine rings is 1. The molecule has 2 aromatic heterocycles. The van der Waals surface area contributed by atoms with Gasteiger partial charge in [0.15, 0.2) is 0 Å². The van der Waals surface area contributed by atoms with Crippen molar-refractivity contribution >= 4 is 11.6 Å². The molecule has 0 bridgehead atoms. The molecule has 1 atom stereocenters. The first kappa shape index (κ1) is 18.7. The highest BCUT2D eigenvalue weighted by molar-refractivity contribution is 5.82. The second kappa shape index (κ2) is 8.12. The van der Waals surface area contributed by atoms with E-state index in [-0.39, 0.29) is 11.9 Å². The maximum absolute atomic E-state index is 12.9. The number of fused-ring (bicyclic) bond motifs is 1. The van der Waals surface area contributed by atoms with Gasteiger partial charge in [0, 0.05) is 59.2 Å². The van der Waals surface area contributed by atoms with E-state index in [0.717, 1.165) is 49.6 Å². The van der Waals surface area contributed by atoms with Crippen molar-refractivity contribution in [3.8, 4) is 0 Å². The topological polar surface area (TPSA) is 44.1 Å². The summed E-state index contributed by atoms with van der Waals surface area (Å²) in [5, 5.41) is 0. The van der Waals surface area contributed by atoms with Gasteiger partial charge in [-0.05, 0) is 17.7 Å². The molecule has 1 amide bonds. The molecule has 0 spiro atoms. The second-order valence-corrected chi connectivity index (χ2v) is 7.56. The van der Waals surface area contributed by atoms with Gasteiger partial charge in [0.05, 0.1) is 5.69 Å². The van der Waals surface area contributed by atoms with Crippen molar-refractivity contribution < 1.29 is 4.79 Å². The Balaban J connectivity index is 1.43. The number of carbonyl (C=O) groups excluding carboxylic acids is 1. The van der Waals surface area contributed by atoms with Gasteiger partial charge in [-0.1, -0.05) is 36.4 Å². The Morgan fingerprint density at radius 2 is 1.75 bits per heavy atom. The van der Waals surface area contributed by atoms with E-state index in [9.17, 15) is 4.79 Å². The normalized spacial score (nSPS) is 16.9. The van der Waals surface area contributed by atoms with Crippen LogP contribution in [0.2, 0.25) is 0 Å². The third-order valence-electron chi connectivity index (χ3n) is 5.36. The lowest BCUT2D eigenvalue weighted by Gasteiger charge is -2.39. The van der Waals surface area contributed by atoms with Crippen LogP contribution in [-0.4, -0.2) is 70.3 Å². The molecule has 1 fully saturated rings. The van der Waals surface area contributed by atoms with E-state index in [1.54, 1.807) is 4.90 Å². The largest absolute Gasteiger partial charge is 0.347 e. The molecule has 0 saturated carbocycles. The highest BCUT2D eigenvalue weighted by Gasteiger charge is 2.31. The number of nitrogens with zero attached hydrogens (tertiary/aromatic N) is 5. The first-order valence-electron chi connectivity index (χ1n) is 9.77. The van der Waals surface area contributed by atoms with Gasteiger partial charge in [0.1, 0.15) is 11.7 Å². The van der Waals surface area contributed by atoms with Gasteiger partial charge in [-0.25, -0.2) is 4.98 Å². The number of benzene rings is 1. The highest BCUT2D eigenvalue weighted by Crippen LogP contribution is 2.24. The Hall–Kier alpha value is -2.70. The van der Waals surface area contributed by atoms with Crippen LogP contribution in [0.3, 0.4) is 0 Å². The Labute approximate surface area is 166 Å². The van der Waals surface area contributed by atoms with Crippen LogP contribution in [0.1, 0.15) is 17.3 Å². The van der Waals surface area contributed by atoms with Gasteiger partial charge in [-0.15, -0.1) is 0 Å². The molecule has 1 unspecified atom stereocenters. The van der Waals surface area contributed by atoms with E-state index in [1.165, 1.54) is 0 Å². The predicted octanol–water partition coefficient (Wildman–Crippen LogP) is 2.28. The maximum Gasteiger partial charge on any atom is 0.244 e. The molecule has 0 N–H and O–H groups in total. The number of hydrogen-bond acceptors (Lipinski definition) is 4. The van der Waals surface area contributed by atoms with Crippen molar-refractivity contribution in [1.29, 1.82) is 0 Å². The fourth-order valence-electron chi connectivity index (χ4n) is 3.86. The van der Waals surface area contributed by atoms with E-state index in [1.807, 2.05) is 56.7 Å². The van der Waals surface area contributed by atoms with E-state index in [2.05, 4.69) is 32.5 Å². The lowest BCUT2D eigenvalue weighted by atomic mass is 10.0. The third kappa shape index (κ3) is 3.93. The number of amides is 1. The summed E-state index contributed by atoms with van der Waals surface area (Å²) in [6.45, 7) is 4.43. The molecule has 0 radical (unpaired) electrons. The van der Waals surface area contributed by atoms with Crippen molar-refractivity contribution in [2.75, 3.05) is 40.3 Å². The summed E-state index contributed by atoms with van der Waals surface area (Å²) in [5.74, 6) is 0.139. The van der Waals surface area contributed by atoms with Gasteiger partial charge in [-0.2, -0.15) is 0 Å². The molecule has 1 aromatic carbocycles. The Kier molecular flexibility index (Phi) is 5.41. The summed E-state index contributed by atoms with van der Waals surface area (Å²) in [6, 6.07) is 15.9. The fourth-order valence-corrected chi connectivity index (χ4v) is 3.86. The quantitative estimate of drug-likeness (QED) is 0.684. The van der Waals surface area contributed by atoms with Crippen LogP contribution < -0.4 is 0 Å². The SMILES string of the molecule is CN(C)C(=O)C(c1ccccc1)N1CCN(Cc2cn3ccccc3n2)CC1.